The molecule has 5 heteroatoms. The van der Waals surface area contributed by atoms with Crippen LogP contribution < -0.4 is 5.32 Å². The highest BCUT2D eigenvalue weighted by atomic mass is 35.5. The Hall–Kier alpha value is -0.770. The first-order valence-corrected chi connectivity index (χ1v) is 6.66. The smallest absolute Gasteiger partial charge is 0.224 e. The fraction of sp³-hybridized carbons (Fsp3) is 0.462. The van der Waals surface area contributed by atoms with E-state index in [1.165, 1.54) is 0 Å². The molecule has 3 nitrogen and oxygen atoms in total. The topological polar surface area (TPSA) is 38.3 Å². The van der Waals surface area contributed by atoms with Gasteiger partial charge in [0.15, 0.2) is 0 Å². The van der Waals surface area contributed by atoms with Crippen LogP contribution in [0.5, 0.6) is 0 Å². The zero-order valence-corrected chi connectivity index (χ0v) is 11.8. The first-order valence-electron chi connectivity index (χ1n) is 5.75. The van der Waals surface area contributed by atoms with E-state index in [4.69, 9.17) is 27.9 Å². The van der Waals surface area contributed by atoms with E-state index in [2.05, 4.69) is 5.32 Å². The van der Waals surface area contributed by atoms with Gasteiger partial charge in [-0.15, -0.1) is 11.6 Å². The minimum absolute atomic E-state index is 0.0533. The van der Waals surface area contributed by atoms with E-state index < -0.39 is 0 Å². The molecule has 1 amide bonds. The summed E-state index contributed by atoms with van der Waals surface area (Å²) in [4.78, 5) is 11.9. The van der Waals surface area contributed by atoms with Gasteiger partial charge in [0, 0.05) is 18.0 Å². The molecule has 0 fully saturated rings. The summed E-state index contributed by atoms with van der Waals surface area (Å²) in [6, 6.07) is 7.26. The molecule has 1 atom stereocenters. The first kappa shape index (κ1) is 15.3. The molecule has 0 aliphatic rings. The number of carbonyl (C=O) groups is 1. The molecule has 0 aliphatic heterocycles. The van der Waals surface area contributed by atoms with Crippen molar-refractivity contribution in [3.63, 3.8) is 0 Å². The number of halogens is 2. The summed E-state index contributed by atoms with van der Waals surface area (Å²) >= 11 is 11.7. The standard InChI is InChI=1S/C13H17Cl2NO2/c1-18-9-11(6-7-14)16-13(17)8-10-4-2-3-5-12(10)15/h2-5,11H,6-9H2,1H3,(H,16,17). The zero-order valence-electron chi connectivity index (χ0n) is 10.3. The van der Waals surface area contributed by atoms with Crippen molar-refractivity contribution in [1.82, 2.24) is 5.32 Å². The molecule has 0 bridgehead atoms. The van der Waals surface area contributed by atoms with E-state index in [0.29, 0.717) is 23.9 Å². The molecule has 1 aromatic rings. The molecular weight excluding hydrogens is 273 g/mol. The zero-order chi connectivity index (χ0) is 13.4. The Bertz CT molecular complexity index is 379. The third-order valence-corrected chi connectivity index (χ3v) is 3.09. The molecule has 0 radical (unpaired) electrons. The van der Waals surface area contributed by atoms with Crippen LogP contribution in [0.3, 0.4) is 0 Å². The Morgan fingerprint density at radius 2 is 2.17 bits per heavy atom. The van der Waals surface area contributed by atoms with Crippen LogP contribution in [0, 0.1) is 0 Å². The summed E-state index contributed by atoms with van der Waals surface area (Å²) < 4.78 is 5.03. The molecule has 0 aliphatic carbocycles. The minimum atomic E-state index is -0.0738. The van der Waals surface area contributed by atoms with Crippen molar-refractivity contribution in [3.05, 3.63) is 34.9 Å². The average Bonchev–Trinajstić information content (AvgIpc) is 2.33. The van der Waals surface area contributed by atoms with Gasteiger partial charge in [0.25, 0.3) is 0 Å². The van der Waals surface area contributed by atoms with Gasteiger partial charge in [0.05, 0.1) is 19.1 Å². The Morgan fingerprint density at radius 1 is 1.44 bits per heavy atom. The van der Waals surface area contributed by atoms with Crippen LogP contribution in [0.15, 0.2) is 24.3 Å². The monoisotopic (exact) mass is 289 g/mol. The average molecular weight is 290 g/mol. The third kappa shape index (κ3) is 5.25. The number of hydrogen-bond acceptors (Lipinski definition) is 2. The highest BCUT2D eigenvalue weighted by molar-refractivity contribution is 6.31. The molecule has 0 spiro atoms. The van der Waals surface area contributed by atoms with Gasteiger partial charge in [-0.25, -0.2) is 0 Å². The maximum absolute atomic E-state index is 11.9. The van der Waals surface area contributed by atoms with E-state index in [9.17, 15) is 4.79 Å². The maximum atomic E-state index is 11.9. The normalized spacial score (nSPS) is 12.2. The Labute approximate surface area is 117 Å². The van der Waals surface area contributed by atoms with Crippen molar-refractivity contribution in [3.8, 4) is 0 Å². The summed E-state index contributed by atoms with van der Waals surface area (Å²) in [6.45, 7) is 0.459. The van der Waals surface area contributed by atoms with E-state index in [0.717, 1.165) is 5.56 Å². The summed E-state index contributed by atoms with van der Waals surface area (Å²) in [6.07, 6.45) is 0.950. The summed E-state index contributed by atoms with van der Waals surface area (Å²) in [5.41, 5.74) is 0.818. The SMILES string of the molecule is COCC(CCCl)NC(=O)Cc1ccccc1Cl. The van der Waals surface area contributed by atoms with Gasteiger partial charge in [-0.3, -0.25) is 4.79 Å². The second-order valence-corrected chi connectivity index (χ2v) is 4.75. The van der Waals surface area contributed by atoms with Crippen molar-refractivity contribution >= 4 is 29.1 Å². The van der Waals surface area contributed by atoms with Crippen molar-refractivity contribution in [2.24, 2.45) is 0 Å². The van der Waals surface area contributed by atoms with Crippen LogP contribution >= 0.6 is 23.2 Å². The fourth-order valence-corrected chi connectivity index (χ4v) is 2.09. The van der Waals surface area contributed by atoms with Crippen molar-refractivity contribution in [2.75, 3.05) is 19.6 Å². The molecule has 1 unspecified atom stereocenters. The third-order valence-electron chi connectivity index (χ3n) is 2.50. The number of carbonyl (C=O) groups excluding carboxylic acids is 1. The van der Waals surface area contributed by atoms with Crippen LogP contribution in [0.25, 0.3) is 0 Å². The van der Waals surface area contributed by atoms with Gasteiger partial charge >= 0.3 is 0 Å². The number of alkyl halides is 1. The Morgan fingerprint density at radius 3 is 2.78 bits per heavy atom. The molecule has 0 aromatic heterocycles. The quantitative estimate of drug-likeness (QED) is 0.784. The van der Waals surface area contributed by atoms with Crippen LogP contribution in [-0.4, -0.2) is 31.5 Å². The molecule has 0 saturated carbocycles. The number of benzene rings is 1. The molecule has 1 rings (SSSR count). The lowest BCUT2D eigenvalue weighted by atomic mass is 10.1. The van der Waals surface area contributed by atoms with Gasteiger partial charge in [0.2, 0.25) is 5.91 Å². The second kappa shape index (κ2) is 8.35. The summed E-state index contributed by atoms with van der Waals surface area (Å²) in [7, 11) is 1.60. The molecule has 100 valence electrons. The summed E-state index contributed by atoms with van der Waals surface area (Å²) in [5, 5.41) is 3.49. The van der Waals surface area contributed by atoms with Gasteiger partial charge in [-0.1, -0.05) is 29.8 Å². The lowest BCUT2D eigenvalue weighted by molar-refractivity contribution is -0.121. The number of ether oxygens (including phenoxy) is 1. The van der Waals surface area contributed by atoms with E-state index in [1.807, 2.05) is 18.2 Å². The molecule has 0 saturated heterocycles. The maximum Gasteiger partial charge on any atom is 0.224 e. The van der Waals surface area contributed by atoms with Crippen molar-refractivity contribution in [1.29, 1.82) is 0 Å². The van der Waals surface area contributed by atoms with E-state index in [-0.39, 0.29) is 18.4 Å². The largest absolute Gasteiger partial charge is 0.383 e. The lowest BCUT2D eigenvalue weighted by Crippen LogP contribution is -2.39. The second-order valence-electron chi connectivity index (χ2n) is 3.97. The molecule has 1 aromatic carbocycles. The summed E-state index contributed by atoms with van der Waals surface area (Å²) in [5.74, 6) is 0.413. The molecular formula is C13H17Cl2NO2. The van der Waals surface area contributed by atoms with Gasteiger partial charge in [-0.05, 0) is 18.1 Å². The number of nitrogens with one attached hydrogen (secondary N) is 1. The Kier molecular flexibility index (Phi) is 7.09. The predicted molar refractivity (Wildman–Crippen MR) is 74.3 cm³/mol. The fourth-order valence-electron chi connectivity index (χ4n) is 1.62. The Balaban J connectivity index is 2.52. The van der Waals surface area contributed by atoms with E-state index >= 15 is 0 Å². The highest BCUT2D eigenvalue weighted by Gasteiger charge is 2.13. The number of methoxy groups -OCH3 is 1. The lowest BCUT2D eigenvalue weighted by Gasteiger charge is -2.16. The van der Waals surface area contributed by atoms with Crippen molar-refractivity contribution < 1.29 is 9.53 Å². The van der Waals surface area contributed by atoms with Gasteiger partial charge in [-0.2, -0.15) is 0 Å². The molecule has 1 N–H and O–H groups in total. The van der Waals surface area contributed by atoms with Crippen LogP contribution in [0.1, 0.15) is 12.0 Å². The predicted octanol–water partition coefficient (Wildman–Crippen LogP) is 2.64. The highest BCUT2D eigenvalue weighted by Crippen LogP contribution is 2.15. The number of rotatable bonds is 7. The number of amides is 1. The molecule has 18 heavy (non-hydrogen) atoms. The van der Waals surface area contributed by atoms with Crippen molar-refractivity contribution in [2.45, 2.75) is 18.9 Å². The molecule has 0 heterocycles. The number of hydrogen-bond donors (Lipinski definition) is 1. The van der Waals surface area contributed by atoms with Gasteiger partial charge in [0.1, 0.15) is 0 Å². The minimum Gasteiger partial charge on any atom is -0.383 e. The van der Waals surface area contributed by atoms with Gasteiger partial charge < -0.3 is 10.1 Å². The van der Waals surface area contributed by atoms with E-state index in [1.54, 1.807) is 13.2 Å². The van der Waals surface area contributed by atoms with Crippen LogP contribution in [0.2, 0.25) is 5.02 Å². The first-order chi connectivity index (χ1) is 8.67. The van der Waals surface area contributed by atoms with Crippen LogP contribution in [-0.2, 0) is 16.0 Å². The van der Waals surface area contributed by atoms with Crippen LogP contribution in [0.4, 0.5) is 0 Å².